The Kier molecular flexibility index (Phi) is 4.49. The molecule has 0 spiro atoms. The first-order valence-corrected chi connectivity index (χ1v) is 5.87. The molecule has 0 saturated heterocycles. The van der Waals surface area contributed by atoms with Gasteiger partial charge in [-0.05, 0) is 18.2 Å². The molecule has 0 atom stereocenters. The number of hydrogen-bond donors (Lipinski definition) is 2. The quantitative estimate of drug-likeness (QED) is 0.656. The van der Waals surface area contributed by atoms with Gasteiger partial charge in [0, 0.05) is 11.8 Å². The van der Waals surface area contributed by atoms with Crippen LogP contribution in [-0.2, 0) is 6.61 Å². The van der Waals surface area contributed by atoms with Crippen molar-refractivity contribution >= 4 is 5.82 Å². The Morgan fingerprint density at radius 1 is 1.10 bits per heavy atom. The third-order valence-corrected chi connectivity index (χ3v) is 2.44. The summed E-state index contributed by atoms with van der Waals surface area (Å²) in [5, 5.41) is 0. The minimum absolute atomic E-state index is 0.00384. The number of rotatable bonds is 5. The van der Waals surface area contributed by atoms with Crippen LogP contribution in [0.5, 0.6) is 11.5 Å². The largest absolute Gasteiger partial charge is 0.573 e. The number of hydrogen-bond acceptors (Lipinski definition) is 5. The average molecular weight is 299 g/mol. The Balaban J connectivity index is 2.05. The first kappa shape index (κ1) is 14.9. The molecule has 0 aliphatic rings. The number of nitrogen functional groups attached to an aromatic ring is 1. The minimum Gasteiger partial charge on any atom is -0.485 e. The van der Waals surface area contributed by atoms with Gasteiger partial charge >= 0.3 is 6.36 Å². The number of aromatic nitrogens is 1. The lowest BCUT2D eigenvalue weighted by molar-refractivity contribution is -0.275. The molecule has 2 rings (SSSR count). The highest BCUT2D eigenvalue weighted by atomic mass is 19.4. The van der Waals surface area contributed by atoms with Crippen LogP contribution in [-0.4, -0.2) is 11.3 Å². The van der Waals surface area contributed by atoms with Crippen molar-refractivity contribution in [1.29, 1.82) is 0 Å². The van der Waals surface area contributed by atoms with Crippen LogP contribution in [0.15, 0.2) is 42.6 Å². The van der Waals surface area contributed by atoms with Crippen molar-refractivity contribution < 1.29 is 22.6 Å². The Bertz CT molecular complexity index is 588. The van der Waals surface area contributed by atoms with Gasteiger partial charge in [0.2, 0.25) is 0 Å². The van der Waals surface area contributed by atoms with E-state index in [1.54, 1.807) is 18.2 Å². The number of hydrazine groups is 1. The van der Waals surface area contributed by atoms with Gasteiger partial charge in [-0.15, -0.1) is 13.2 Å². The fourth-order valence-corrected chi connectivity index (χ4v) is 1.53. The van der Waals surface area contributed by atoms with Crippen LogP contribution >= 0.6 is 0 Å². The van der Waals surface area contributed by atoms with Crippen molar-refractivity contribution in [3.63, 3.8) is 0 Å². The number of nitrogens with one attached hydrogen (secondary N) is 1. The highest BCUT2D eigenvalue weighted by Gasteiger charge is 2.32. The van der Waals surface area contributed by atoms with Gasteiger partial charge in [0.1, 0.15) is 12.4 Å². The predicted molar refractivity (Wildman–Crippen MR) is 69.5 cm³/mol. The lowest BCUT2D eigenvalue weighted by Crippen LogP contribution is -2.17. The second-order valence-corrected chi connectivity index (χ2v) is 3.98. The zero-order valence-electron chi connectivity index (χ0n) is 10.7. The molecule has 0 fully saturated rings. The monoisotopic (exact) mass is 299 g/mol. The van der Waals surface area contributed by atoms with Gasteiger partial charge in [-0.2, -0.15) is 0 Å². The summed E-state index contributed by atoms with van der Waals surface area (Å²) in [6.45, 7) is 0.0517. The van der Waals surface area contributed by atoms with Crippen LogP contribution in [0.2, 0.25) is 0 Å². The lowest BCUT2D eigenvalue weighted by Gasteiger charge is -2.13. The number of para-hydroxylation sites is 2. The van der Waals surface area contributed by atoms with E-state index in [1.807, 2.05) is 0 Å². The van der Waals surface area contributed by atoms with Gasteiger partial charge in [0.05, 0.1) is 0 Å². The maximum absolute atomic E-state index is 12.3. The Morgan fingerprint density at radius 3 is 2.38 bits per heavy atom. The van der Waals surface area contributed by atoms with Crippen molar-refractivity contribution in [2.45, 2.75) is 13.0 Å². The van der Waals surface area contributed by atoms with E-state index in [0.29, 0.717) is 11.4 Å². The van der Waals surface area contributed by atoms with E-state index in [0.717, 1.165) is 0 Å². The number of halogens is 3. The van der Waals surface area contributed by atoms with Crippen LogP contribution in [0.25, 0.3) is 0 Å². The van der Waals surface area contributed by atoms with Gasteiger partial charge in [0.15, 0.2) is 11.5 Å². The first-order chi connectivity index (χ1) is 9.98. The maximum atomic E-state index is 12.3. The number of nitrogens with zero attached hydrogens (tertiary/aromatic N) is 1. The summed E-state index contributed by atoms with van der Waals surface area (Å²) in [6, 6.07) is 8.87. The standard InChI is InChI=1S/C13H12F3N3O2/c14-13(15,16)21-11-4-2-1-3-10(11)20-8-9-5-6-12(19-17)18-7-9/h1-7H,8,17H2,(H,18,19). The summed E-state index contributed by atoms with van der Waals surface area (Å²) in [5.41, 5.74) is 3.04. The summed E-state index contributed by atoms with van der Waals surface area (Å²) in [5.74, 6) is 5.25. The van der Waals surface area contributed by atoms with E-state index < -0.39 is 12.1 Å². The van der Waals surface area contributed by atoms with Gasteiger partial charge < -0.3 is 14.9 Å². The molecular formula is C13H12F3N3O2. The van der Waals surface area contributed by atoms with Gasteiger partial charge in [-0.3, -0.25) is 0 Å². The molecule has 8 heteroatoms. The smallest absolute Gasteiger partial charge is 0.485 e. The molecule has 0 radical (unpaired) electrons. The predicted octanol–water partition coefficient (Wildman–Crippen LogP) is 2.84. The molecule has 112 valence electrons. The third-order valence-electron chi connectivity index (χ3n) is 2.44. The molecular weight excluding hydrogens is 287 g/mol. The molecule has 2 aromatic rings. The number of anilines is 1. The first-order valence-electron chi connectivity index (χ1n) is 5.87. The minimum atomic E-state index is -4.77. The van der Waals surface area contributed by atoms with Crippen LogP contribution < -0.4 is 20.7 Å². The molecule has 0 unspecified atom stereocenters. The van der Waals surface area contributed by atoms with Gasteiger partial charge in [0.25, 0.3) is 0 Å². The van der Waals surface area contributed by atoms with Gasteiger partial charge in [-0.1, -0.05) is 18.2 Å². The topological polar surface area (TPSA) is 69.4 Å². The fourth-order valence-electron chi connectivity index (χ4n) is 1.53. The zero-order chi connectivity index (χ0) is 15.3. The number of benzene rings is 1. The molecule has 1 heterocycles. The molecule has 5 nitrogen and oxygen atoms in total. The van der Waals surface area contributed by atoms with Crippen LogP contribution in [0.4, 0.5) is 19.0 Å². The van der Waals surface area contributed by atoms with E-state index in [1.165, 1.54) is 24.4 Å². The number of alkyl halides is 3. The summed E-state index contributed by atoms with van der Waals surface area (Å²) in [4.78, 5) is 3.96. The van der Waals surface area contributed by atoms with E-state index >= 15 is 0 Å². The lowest BCUT2D eigenvalue weighted by atomic mass is 10.3. The fraction of sp³-hybridized carbons (Fsp3) is 0.154. The molecule has 3 N–H and O–H groups in total. The second kappa shape index (κ2) is 6.31. The summed E-state index contributed by atoms with van der Waals surface area (Å²) in [7, 11) is 0. The maximum Gasteiger partial charge on any atom is 0.573 e. The Labute approximate surface area is 118 Å². The Hall–Kier alpha value is -2.48. The molecule has 21 heavy (non-hydrogen) atoms. The summed E-state index contributed by atoms with van der Waals surface area (Å²) < 4.78 is 46.0. The van der Waals surface area contributed by atoms with Crippen LogP contribution in [0.1, 0.15) is 5.56 Å². The highest BCUT2D eigenvalue weighted by Crippen LogP contribution is 2.32. The number of pyridine rings is 1. The third kappa shape index (κ3) is 4.53. The SMILES string of the molecule is NNc1ccc(COc2ccccc2OC(F)(F)F)cn1. The Morgan fingerprint density at radius 2 is 1.81 bits per heavy atom. The molecule has 0 bridgehead atoms. The van der Waals surface area contributed by atoms with Crippen LogP contribution in [0.3, 0.4) is 0 Å². The highest BCUT2D eigenvalue weighted by molar-refractivity contribution is 5.40. The number of nitrogens with two attached hydrogens (primary N) is 1. The van der Waals surface area contributed by atoms with Crippen molar-refractivity contribution in [3.8, 4) is 11.5 Å². The van der Waals surface area contributed by atoms with E-state index in [-0.39, 0.29) is 12.4 Å². The van der Waals surface area contributed by atoms with Crippen molar-refractivity contribution in [2.75, 3.05) is 5.43 Å². The van der Waals surface area contributed by atoms with Crippen molar-refractivity contribution in [2.24, 2.45) is 5.84 Å². The van der Waals surface area contributed by atoms with E-state index in [4.69, 9.17) is 10.6 Å². The van der Waals surface area contributed by atoms with E-state index in [2.05, 4.69) is 15.1 Å². The second-order valence-electron chi connectivity index (χ2n) is 3.98. The zero-order valence-corrected chi connectivity index (χ0v) is 10.7. The van der Waals surface area contributed by atoms with E-state index in [9.17, 15) is 13.2 Å². The van der Waals surface area contributed by atoms with Gasteiger partial charge in [-0.25, -0.2) is 10.8 Å². The van der Waals surface area contributed by atoms with Crippen LogP contribution in [0, 0.1) is 0 Å². The summed E-state index contributed by atoms with van der Waals surface area (Å²) in [6.07, 6.45) is -3.27. The molecule has 1 aromatic heterocycles. The molecule has 0 aliphatic heterocycles. The molecule has 1 aromatic carbocycles. The number of ether oxygens (including phenoxy) is 2. The van der Waals surface area contributed by atoms with Crippen molar-refractivity contribution in [3.05, 3.63) is 48.2 Å². The molecule has 0 saturated carbocycles. The van der Waals surface area contributed by atoms with Crippen molar-refractivity contribution in [1.82, 2.24) is 4.98 Å². The normalized spacial score (nSPS) is 11.0. The molecule has 0 aliphatic carbocycles. The average Bonchev–Trinajstić information content (AvgIpc) is 2.45. The summed E-state index contributed by atoms with van der Waals surface area (Å²) >= 11 is 0. The molecule has 0 amide bonds.